The van der Waals surface area contributed by atoms with Gasteiger partial charge in [-0.25, -0.2) is 0 Å². The number of amides is 1. The first-order chi connectivity index (χ1) is 8.57. The summed E-state index contributed by atoms with van der Waals surface area (Å²) in [5.41, 5.74) is 2.20. The number of nitrogens with zero attached hydrogens (tertiary/aromatic N) is 2. The molecule has 0 radical (unpaired) electrons. The second-order valence-electron chi connectivity index (χ2n) is 5.04. The molecule has 0 aliphatic carbocycles. The van der Waals surface area contributed by atoms with Gasteiger partial charge in [0.25, 0.3) is 0 Å². The number of aryl methyl sites for hydroxylation is 1. The van der Waals surface area contributed by atoms with E-state index in [9.17, 15) is 4.79 Å². The zero-order valence-corrected chi connectivity index (χ0v) is 11.7. The van der Waals surface area contributed by atoms with Crippen LogP contribution in [0.3, 0.4) is 0 Å². The molecule has 1 aromatic rings. The molecule has 2 atom stereocenters. The Morgan fingerprint density at radius 2 is 1.89 bits per heavy atom. The van der Waals surface area contributed by atoms with Crippen LogP contribution in [0.25, 0.3) is 0 Å². The minimum Gasteiger partial charge on any atom is -0.295 e. The Kier molecular flexibility index (Phi) is 3.71. The number of hydrogen-bond acceptors (Lipinski definition) is 2. The first kappa shape index (κ1) is 13.1. The molecule has 0 N–H and O–H groups in total. The molecule has 3 heteroatoms. The van der Waals surface area contributed by atoms with Gasteiger partial charge in [0.2, 0.25) is 5.91 Å². The fraction of sp³-hybridized carbons (Fsp3) is 0.533. The summed E-state index contributed by atoms with van der Waals surface area (Å²) in [6.07, 6.45) is 1.22. The van der Waals surface area contributed by atoms with Crippen LogP contribution in [-0.4, -0.2) is 29.6 Å². The first-order valence-corrected chi connectivity index (χ1v) is 6.72. The van der Waals surface area contributed by atoms with Gasteiger partial charge in [-0.1, -0.05) is 25.1 Å². The van der Waals surface area contributed by atoms with E-state index in [0.29, 0.717) is 0 Å². The number of benzene rings is 1. The van der Waals surface area contributed by atoms with Crippen molar-refractivity contribution in [1.82, 2.24) is 4.90 Å². The monoisotopic (exact) mass is 246 g/mol. The maximum absolute atomic E-state index is 12.4. The number of carbonyl (C=O) groups is 1. The van der Waals surface area contributed by atoms with E-state index in [1.807, 2.05) is 30.0 Å². The Balaban J connectivity index is 2.34. The lowest BCUT2D eigenvalue weighted by Gasteiger charge is -2.28. The summed E-state index contributed by atoms with van der Waals surface area (Å²) in [5.74, 6) is 0.213. The Hall–Kier alpha value is -1.35. The summed E-state index contributed by atoms with van der Waals surface area (Å²) in [6.45, 7) is 9.30. The van der Waals surface area contributed by atoms with E-state index in [2.05, 4.69) is 31.7 Å². The van der Waals surface area contributed by atoms with Crippen molar-refractivity contribution in [3.8, 4) is 0 Å². The zero-order valence-electron chi connectivity index (χ0n) is 11.7. The molecule has 1 heterocycles. The highest BCUT2D eigenvalue weighted by molar-refractivity contribution is 6.00. The molecule has 1 aliphatic heterocycles. The van der Waals surface area contributed by atoms with Crippen molar-refractivity contribution in [2.45, 2.75) is 46.3 Å². The number of rotatable bonds is 3. The van der Waals surface area contributed by atoms with Gasteiger partial charge in [0.05, 0.1) is 12.2 Å². The summed E-state index contributed by atoms with van der Waals surface area (Å²) in [4.78, 5) is 16.7. The van der Waals surface area contributed by atoms with Crippen LogP contribution >= 0.6 is 0 Å². The van der Waals surface area contributed by atoms with Gasteiger partial charge in [-0.3, -0.25) is 14.6 Å². The van der Waals surface area contributed by atoms with Gasteiger partial charge >= 0.3 is 0 Å². The van der Waals surface area contributed by atoms with Gasteiger partial charge in [-0.15, -0.1) is 0 Å². The molecule has 1 aromatic carbocycles. The normalized spacial score (nSPS) is 24.9. The van der Waals surface area contributed by atoms with E-state index in [-0.39, 0.29) is 18.1 Å². The van der Waals surface area contributed by atoms with Crippen LogP contribution in [0.2, 0.25) is 0 Å². The highest BCUT2D eigenvalue weighted by Gasteiger charge is 2.41. The summed E-state index contributed by atoms with van der Waals surface area (Å²) in [6, 6.07) is 8.08. The molecule has 0 aromatic heterocycles. The van der Waals surface area contributed by atoms with Gasteiger partial charge in [-0.2, -0.15) is 0 Å². The molecule has 1 saturated heterocycles. The molecule has 3 nitrogen and oxygen atoms in total. The van der Waals surface area contributed by atoms with Crippen LogP contribution < -0.4 is 4.90 Å². The van der Waals surface area contributed by atoms with Crippen molar-refractivity contribution in [1.29, 1.82) is 0 Å². The molecule has 2 rings (SSSR count). The van der Waals surface area contributed by atoms with Crippen LogP contribution in [0.4, 0.5) is 5.69 Å². The van der Waals surface area contributed by atoms with Crippen LogP contribution in [0.15, 0.2) is 24.3 Å². The van der Waals surface area contributed by atoms with Crippen molar-refractivity contribution < 1.29 is 4.79 Å². The van der Waals surface area contributed by atoms with Gasteiger partial charge in [-0.05, 0) is 38.8 Å². The molecule has 1 aliphatic rings. The van der Waals surface area contributed by atoms with Crippen LogP contribution in [0.1, 0.15) is 32.8 Å². The second-order valence-corrected chi connectivity index (χ2v) is 5.04. The van der Waals surface area contributed by atoms with E-state index < -0.39 is 0 Å². The third kappa shape index (κ3) is 2.03. The maximum atomic E-state index is 12.4. The average Bonchev–Trinajstić information content (AvgIpc) is 2.55. The molecular weight excluding hydrogens is 224 g/mol. The topological polar surface area (TPSA) is 23.6 Å². The molecule has 0 saturated carbocycles. The standard InChI is InChI=1S/C15H22N2O/c1-5-10-16-12(3)15(18)17(13(16)4)14-9-7-6-8-11(14)2/h6-9,12-13H,5,10H2,1-4H3/t12-,13-/m1/s1. The SMILES string of the molecule is CCCN1[C@H](C)C(=O)N(c2ccccc2C)[C@@H]1C. The molecule has 0 spiro atoms. The largest absolute Gasteiger partial charge is 0.295 e. The molecular formula is C15H22N2O. The average molecular weight is 246 g/mol. The quantitative estimate of drug-likeness (QED) is 0.818. The van der Waals surface area contributed by atoms with E-state index in [4.69, 9.17) is 0 Å². The van der Waals surface area contributed by atoms with Gasteiger partial charge in [0, 0.05) is 12.2 Å². The van der Waals surface area contributed by atoms with Crippen molar-refractivity contribution in [3.05, 3.63) is 29.8 Å². The summed E-state index contributed by atoms with van der Waals surface area (Å²) >= 11 is 0. The van der Waals surface area contributed by atoms with Gasteiger partial charge in [0.15, 0.2) is 0 Å². The number of hydrogen-bond donors (Lipinski definition) is 0. The fourth-order valence-corrected chi connectivity index (χ4v) is 2.79. The molecule has 1 fully saturated rings. The molecule has 0 bridgehead atoms. The Morgan fingerprint density at radius 1 is 1.22 bits per heavy atom. The van der Waals surface area contributed by atoms with Gasteiger partial charge < -0.3 is 0 Å². The van der Waals surface area contributed by atoms with Crippen LogP contribution in [-0.2, 0) is 4.79 Å². The highest BCUT2D eigenvalue weighted by Crippen LogP contribution is 2.30. The van der Waals surface area contributed by atoms with Gasteiger partial charge in [0.1, 0.15) is 0 Å². The molecule has 1 amide bonds. The predicted octanol–water partition coefficient (Wildman–Crippen LogP) is 2.79. The minimum atomic E-state index is -0.0143. The number of para-hydroxylation sites is 1. The molecule has 0 unspecified atom stereocenters. The second kappa shape index (κ2) is 5.11. The minimum absolute atomic E-state index is 0.0143. The van der Waals surface area contributed by atoms with Crippen LogP contribution in [0, 0.1) is 6.92 Å². The lowest BCUT2D eigenvalue weighted by atomic mass is 10.1. The van der Waals surface area contributed by atoms with Crippen molar-refractivity contribution in [3.63, 3.8) is 0 Å². The third-order valence-corrected chi connectivity index (χ3v) is 3.80. The Labute approximate surface area is 109 Å². The van der Waals surface area contributed by atoms with E-state index in [0.717, 1.165) is 24.2 Å². The van der Waals surface area contributed by atoms with Crippen molar-refractivity contribution in [2.24, 2.45) is 0 Å². The van der Waals surface area contributed by atoms with Crippen molar-refractivity contribution >= 4 is 11.6 Å². The third-order valence-electron chi connectivity index (χ3n) is 3.80. The molecule has 18 heavy (non-hydrogen) atoms. The predicted molar refractivity (Wildman–Crippen MR) is 74.6 cm³/mol. The van der Waals surface area contributed by atoms with Crippen LogP contribution in [0.5, 0.6) is 0 Å². The number of anilines is 1. The van der Waals surface area contributed by atoms with E-state index in [1.54, 1.807) is 0 Å². The highest BCUT2D eigenvalue weighted by atomic mass is 16.2. The summed E-state index contributed by atoms with van der Waals surface area (Å²) < 4.78 is 0. The van der Waals surface area contributed by atoms with E-state index in [1.165, 1.54) is 0 Å². The lowest BCUT2D eigenvalue weighted by Crippen LogP contribution is -2.38. The van der Waals surface area contributed by atoms with Crippen molar-refractivity contribution in [2.75, 3.05) is 11.4 Å². The smallest absolute Gasteiger partial charge is 0.245 e. The number of carbonyl (C=O) groups excluding carboxylic acids is 1. The Morgan fingerprint density at radius 3 is 2.50 bits per heavy atom. The summed E-state index contributed by atoms with van der Waals surface area (Å²) in [5, 5.41) is 0. The first-order valence-electron chi connectivity index (χ1n) is 6.72. The lowest BCUT2D eigenvalue weighted by molar-refractivity contribution is -0.119. The fourth-order valence-electron chi connectivity index (χ4n) is 2.79. The Bertz CT molecular complexity index is 444. The van der Waals surface area contributed by atoms with E-state index >= 15 is 0 Å². The summed E-state index contributed by atoms with van der Waals surface area (Å²) in [7, 11) is 0. The maximum Gasteiger partial charge on any atom is 0.245 e. The molecule has 98 valence electrons. The zero-order chi connectivity index (χ0) is 13.3.